The normalized spacial score (nSPS) is 10.7. The molecule has 2 aromatic heterocycles. The molecule has 0 saturated heterocycles. The standard InChI is InChI=1S/C19H12BrFN4OS/c20-13-3-6-16(25-11-22-10-23-25)15(9-13)24-19(26)18-8-7-17(27-18)12-1-4-14(21)5-2-12/h1-11H,(H,24,26). The van der Waals surface area contributed by atoms with E-state index in [-0.39, 0.29) is 11.7 Å². The van der Waals surface area contributed by atoms with E-state index in [1.807, 2.05) is 24.3 Å². The summed E-state index contributed by atoms with van der Waals surface area (Å²) in [5.41, 5.74) is 2.18. The molecule has 0 saturated carbocycles. The second-order valence-electron chi connectivity index (χ2n) is 5.63. The maximum absolute atomic E-state index is 13.1. The third-order valence-electron chi connectivity index (χ3n) is 3.83. The van der Waals surface area contributed by atoms with E-state index in [2.05, 4.69) is 31.3 Å². The molecular weight excluding hydrogens is 431 g/mol. The highest BCUT2D eigenvalue weighted by Crippen LogP contribution is 2.30. The molecule has 2 heterocycles. The van der Waals surface area contributed by atoms with Crippen LogP contribution in [-0.4, -0.2) is 20.7 Å². The molecular formula is C19H12BrFN4OS. The van der Waals surface area contributed by atoms with E-state index < -0.39 is 0 Å². The Balaban J connectivity index is 1.60. The minimum atomic E-state index is -0.288. The van der Waals surface area contributed by atoms with E-state index in [0.717, 1.165) is 14.9 Å². The van der Waals surface area contributed by atoms with Crippen LogP contribution in [0.4, 0.5) is 10.1 Å². The van der Waals surface area contributed by atoms with Gasteiger partial charge in [-0.1, -0.05) is 28.1 Å². The number of rotatable bonds is 4. The Morgan fingerprint density at radius 2 is 1.93 bits per heavy atom. The Bertz CT molecular complexity index is 1090. The Morgan fingerprint density at radius 1 is 1.11 bits per heavy atom. The molecule has 0 radical (unpaired) electrons. The zero-order chi connectivity index (χ0) is 18.8. The molecule has 4 rings (SSSR count). The monoisotopic (exact) mass is 442 g/mol. The van der Waals surface area contributed by atoms with Crippen LogP contribution >= 0.6 is 27.3 Å². The molecule has 0 bridgehead atoms. The first-order chi connectivity index (χ1) is 13.1. The van der Waals surface area contributed by atoms with Crippen LogP contribution in [0.25, 0.3) is 16.1 Å². The molecule has 1 N–H and O–H groups in total. The van der Waals surface area contributed by atoms with Crippen molar-refractivity contribution in [3.63, 3.8) is 0 Å². The third kappa shape index (κ3) is 3.81. The summed E-state index contributed by atoms with van der Waals surface area (Å²) in [6.45, 7) is 0. The van der Waals surface area contributed by atoms with E-state index in [4.69, 9.17) is 0 Å². The molecule has 0 unspecified atom stereocenters. The van der Waals surface area contributed by atoms with E-state index in [0.29, 0.717) is 16.3 Å². The molecule has 0 aliphatic carbocycles. The summed E-state index contributed by atoms with van der Waals surface area (Å²) in [5.74, 6) is -0.517. The maximum atomic E-state index is 13.1. The summed E-state index contributed by atoms with van der Waals surface area (Å²) in [4.78, 5) is 18.1. The zero-order valence-corrected chi connectivity index (χ0v) is 16.2. The lowest BCUT2D eigenvalue weighted by Crippen LogP contribution is -2.12. The molecule has 1 amide bonds. The predicted octanol–water partition coefficient (Wildman–Crippen LogP) is 5.15. The van der Waals surface area contributed by atoms with Gasteiger partial charge < -0.3 is 5.32 Å². The van der Waals surface area contributed by atoms with Crippen LogP contribution in [0.1, 0.15) is 9.67 Å². The van der Waals surface area contributed by atoms with Crippen LogP contribution in [0.3, 0.4) is 0 Å². The number of hydrogen-bond acceptors (Lipinski definition) is 4. The summed E-state index contributed by atoms with van der Waals surface area (Å²) in [5, 5.41) is 7.04. The lowest BCUT2D eigenvalue weighted by Gasteiger charge is -2.10. The molecule has 0 aliphatic heterocycles. The van der Waals surface area contributed by atoms with Crippen LogP contribution < -0.4 is 5.32 Å². The number of anilines is 1. The fourth-order valence-corrected chi connectivity index (χ4v) is 3.82. The number of nitrogens with one attached hydrogen (secondary N) is 1. The second-order valence-corrected chi connectivity index (χ2v) is 7.63. The Hall–Kier alpha value is -2.84. The summed E-state index contributed by atoms with van der Waals surface area (Å²) >= 11 is 4.77. The number of hydrogen-bond donors (Lipinski definition) is 1. The number of carbonyl (C=O) groups excluding carboxylic acids is 1. The van der Waals surface area contributed by atoms with Crippen LogP contribution in [0, 0.1) is 5.82 Å². The smallest absolute Gasteiger partial charge is 0.265 e. The Kier molecular flexibility index (Phi) is 4.83. The first-order valence-electron chi connectivity index (χ1n) is 7.92. The highest BCUT2D eigenvalue weighted by molar-refractivity contribution is 9.10. The highest BCUT2D eigenvalue weighted by Gasteiger charge is 2.14. The quantitative estimate of drug-likeness (QED) is 0.475. The van der Waals surface area contributed by atoms with Gasteiger partial charge in [-0.3, -0.25) is 4.79 Å². The van der Waals surface area contributed by atoms with Crippen LogP contribution in [0.15, 0.2) is 71.7 Å². The van der Waals surface area contributed by atoms with Gasteiger partial charge in [-0.25, -0.2) is 14.1 Å². The molecule has 2 aromatic carbocycles. The number of thiophene rings is 1. The fourth-order valence-electron chi connectivity index (χ4n) is 2.55. The minimum Gasteiger partial charge on any atom is -0.319 e. The topological polar surface area (TPSA) is 59.8 Å². The van der Waals surface area contributed by atoms with Gasteiger partial charge in [-0.05, 0) is 48.0 Å². The molecule has 5 nitrogen and oxygen atoms in total. The van der Waals surface area contributed by atoms with Crippen molar-refractivity contribution < 1.29 is 9.18 Å². The van der Waals surface area contributed by atoms with E-state index in [1.54, 1.807) is 29.2 Å². The van der Waals surface area contributed by atoms with Gasteiger partial charge in [0.1, 0.15) is 18.5 Å². The zero-order valence-electron chi connectivity index (χ0n) is 13.8. The minimum absolute atomic E-state index is 0.229. The summed E-state index contributed by atoms with van der Waals surface area (Å²) in [6.07, 6.45) is 3.00. The molecule has 0 aliphatic rings. The Morgan fingerprint density at radius 3 is 2.67 bits per heavy atom. The van der Waals surface area contributed by atoms with Crippen molar-refractivity contribution in [2.75, 3.05) is 5.32 Å². The highest BCUT2D eigenvalue weighted by atomic mass is 79.9. The van der Waals surface area contributed by atoms with Gasteiger partial charge >= 0.3 is 0 Å². The van der Waals surface area contributed by atoms with Crippen molar-refractivity contribution in [2.45, 2.75) is 0 Å². The van der Waals surface area contributed by atoms with Gasteiger partial charge in [0.05, 0.1) is 16.3 Å². The lowest BCUT2D eigenvalue weighted by molar-refractivity contribution is 0.103. The SMILES string of the molecule is O=C(Nc1cc(Br)ccc1-n1cncn1)c1ccc(-c2ccc(F)cc2)s1. The van der Waals surface area contributed by atoms with Crippen molar-refractivity contribution in [1.29, 1.82) is 0 Å². The number of halogens is 2. The molecule has 27 heavy (non-hydrogen) atoms. The average molecular weight is 443 g/mol. The largest absolute Gasteiger partial charge is 0.319 e. The molecule has 0 spiro atoms. The van der Waals surface area contributed by atoms with E-state index in [1.165, 1.54) is 29.8 Å². The molecule has 0 fully saturated rings. The van der Waals surface area contributed by atoms with Gasteiger partial charge in [0.2, 0.25) is 0 Å². The molecule has 0 atom stereocenters. The van der Waals surface area contributed by atoms with Gasteiger partial charge in [0.25, 0.3) is 5.91 Å². The van der Waals surface area contributed by atoms with Gasteiger partial charge in [-0.2, -0.15) is 5.10 Å². The fraction of sp³-hybridized carbons (Fsp3) is 0. The van der Waals surface area contributed by atoms with E-state index in [9.17, 15) is 9.18 Å². The van der Waals surface area contributed by atoms with Crippen LogP contribution in [0.2, 0.25) is 0 Å². The summed E-state index contributed by atoms with van der Waals surface area (Å²) in [6, 6.07) is 15.3. The number of nitrogens with zero attached hydrogens (tertiary/aromatic N) is 3. The number of amides is 1. The predicted molar refractivity (Wildman–Crippen MR) is 107 cm³/mol. The number of benzene rings is 2. The first-order valence-corrected chi connectivity index (χ1v) is 9.53. The molecule has 134 valence electrons. The maximum Gasteiger partial charge on any atom is 0.265 e. The van der Waals surface area contributed by atoms with Crippen molar-refractivity contribution in [1.82, 2.24) is 14.8 Å². The summed E-state index contributed by atoms with van der Waals surface area (Å²) < 4.78 is 15.5. The van der Waals surface area contributed by atoms with Crippen molar-refractivity contribution in [3.05, 3.63) is 82.4 Å². The van der Waals surface area contributed by atoms with Crippen molar-refractivity contribution in [3.8, 4) is 16.1 Å². The summed E-state index contributed by atoms with van der Waals surface area (Å²) in [7, 11) is 0. The third-order valence-corrected chi connectivity index (χ3v) is 5.46. The van der Waals surface area contributed by atoms with Crippen molar-refractivity contribution in [2.24, 2.45) is 0 Å². The van der Waals surface area contributed by atoms with Crippen LogP contribution in [0.5, 0.6) is 0 Å². The number of aromatic nitrogens is 3. The van der Waals surface area contributed by atoms with Gasteiger partial charge in [-0.15, -0.1) is 11.3 Å². The first kappa shape index (κ1) is 17.6. The average Bonchev–Trinajstić information content (AvgIpc) is 3.35. The Labute approximate surface area is 166 Å². The molecule has 8 heteroatoms. The van der Waals surface area contributed by atoms with Crippen LogP contribution in [-0.2, 0) is 0 Å². The molecule has 4 aromatic rings. The van der Waals surface area contributed by atoms with E-state index >= 15 is 0 Å². The second kappa shape index (κ2) is 7.42. The van der Waals surface area contributed by atoms with Gasteiger partial charge in [0, 0.05) is 9.35 Å². The van der Waals surface area contributed by atoms with Crippen molar-refractivity contribution >= 4 is 38.9 Å². The lowest BCUT2D eigenvalue weighted by atomic mass is 10.2. The number of carbonyl (C=O) groups is 1. The van der Waals surface area contributed by atoms with Gasteiger partial charge in [0.15, 0.2) is 0 Å².